The standard InChI is InChI=1S/C28H36/c1-13-14(2)19(7)25(20(8)15(13)3)28-24(12)18(6)22(10)26-21(9)16(4)17(5)23(11)27(26)28/h1-12H3. The van der Waals surface area contributed by atoms with Gasteiger partial charge in [-0.2, -0.15) is 0 Å². The Kier molecular flexibility index (Phi) is 4.99. The molecule has 3 aromatic carbocycles. The summed E-state index contributed by atoms with van der Waals surface area (Å²) in [4.78, 5) is 0. The molecule has 0 saturated carbocycles. The Hall–Kier alpha value is -2.08. The van der Waals surface area contributed by atoms with Gasteiger partial charge in [-0.1, -0.05) is 0 Å². The van der Waals surface area contributed by atoms with Gasteiger partial charge in [-0.05, 0) is 172 Å². The molecule has 0 heterocycles. The van der Waals surface area contributed by atoms with E-state index >= 15 is 0 Å². The lowest BCUT2D eigenvalue weighted by atomic mass is 9.77. The molecule has 0 nitrogen and oxygen atoms in total. The zero-order valence-corrected chi connectivity index (χ0v) is 20.0. The molecule has 0 amide bonds. The van der Waals surface area contributed by atoms with Crippen LogP contribution in [0.2, 0.25) is 0 Å². The van der Waals surface area contributed by atoms with Crippen molar-refractivity contribution in [3.63, 3.8) is 0 Å². The quantitative estimate of drug-likeness (QED) is 0.404. The summed E-state index contributed by atoms with van der Waals surface area (Å²) in [6.45, 7) is 27.6. The van der Waals surface area contributed by atoms with Crippen LogP contribution in [0, 0.1) is 83.1 Å². The Bertz CT molecular complexity index is 1120. The highest BCUT2D eigenvalue weighted by Gasteiger charge is 2.23. The third kappa shape index (κ3) is 2.57. The van der Waals surface area contributed by atoms with E-state index in [0.717, 1.165) is 0 Å². The first-order chi connectivity index (χ1) is 12.9. The van der Waals surface area contributed by atoms with Crippen LogP contribution in [-0.4, -0.2) is 0 Å². The van der Waals surface area contributed by atoms with Crippen molar-refractivity contribution in [2.24, 2.45) is 0 Å². The van der Waals surface area contributed by atoms with E-state index in [9.17, 15) is 0 Å². The predicted octanol–water partition coefficient (Wildman–Crippen LogP) is 8.21. The van der Waals surface area contributed by atoms with Gasteiger partial charge in [-0.15, -0.1) is 0 Å². The van der Waals surface area contributed by atoms with Gasteiger partial charge < -0.3 is 0 Å². The Morgan fingerprint density at radius 1 is 0.214 bits per heavy atom. The fourth-order valence-corrected chi connectivity index (χ4v) is 5.12. The second-order valence-electron chi connectivity index (χ2n) is 9.00. The Labute approximate surface area is 172 Å². The van der Waals surface area contributed by atoms with E-state index in [2.05, 4.69) is 83.1 Å². The lowest BCUT2D eigenvalue weighted by molar-refractivity contribution is 1.17. The third-order valence-corrected chi connectivity index (χ3v) is 8.06. The average molecular weight is 373 g/mol. The number of hydrogen-bond donors (Lipinski definition) is 0. The van der Waals surface area contributed by atoms with Crippen molar-refractivity contribution in [1.29, 1.82) is 0 Å². The van der Waals surface area contributed by atoms with Gasteiger partial charge in [0.2, 0.25) is 0 Å². The van der Waals surface area contributed by atoms with Crippen molar-refractivity contribution in [2.45, 2.75) is 83.1 Å². The molecule has 0 spiro atoms. The summed E-state index contributed by atoms with van der Waals surface area (Å²) in [5.74, 6) is 0. The minimum absolute atomic E-state index is 1.43. The maximum atomic E-state index is 2.32. The number of rotatable bonds is 1. The Morgan fingerprint density at radius 3 is 0.893 bits per heavy atom. The molecule has 0 heteroatoms. The molecule has 0 radical (unpaired) electrons. The lowest BCUT2D eigenvalue weighted by Crippen LogP contribution is -2.05. The summed E-state index contributed by atoms with van der Waals surface area (Å²) < 4.78 is 0. The highest BCUT2D eigenvalue weighted by atomic mass is 14.3. The topological polar surface area (TPSA) is 0 Å². The van der Waals surface area contributed by atoms with E-state index in [4.69, 9.17) is 0 Å². The van der Waals surface area contributed by atoms with Crippen molar-refractivity contribution < 1.29 is 0 Å². The number of benzene rings is 3. The Balaban J connectivity index is 2.73. The molecular weight excluding hydrogens is 336 g/mol. The van der Waals surface area contributed by atoms with Crippen molar-refractivity contribution in [2.75, 3.05) is 0 Å². The second-order valence-corrected chi connectivity index (χ2v) is 9.00. The van der Waals surface area contributed by atoms with Crippen LogP contribution in [0.3, 0.4) is 0 Å². The van der Waals surface area contributed by atoms with Gasteiger partial charge in [-0.3, -0.25) is 0 Å². The molecule has 0 N–H and O–H groups in total. The maximum absolute atomic E-state index is 2.32. The van der Waals surface area contributed by atoms with Crippen LogP contribution in [0.5, 0.6) is 0 Å². The van der Waals surface area contributed by atoms with Gasteiger partial charge in [0.25, 0.3) is 0 Å². The third-order valence-electron chi connectivity index (χ3n) is 8.06. The van der Waals surface area contributed by atoms with Crippen molar-refractivity contribution in [1.82, 2.24) is 0 Å². The van der Waals surface area contributed by atoms with Crippen LogP contribution in [0.15, 0.2) is 0 Å². The van der Waals surface area contributed by atoms with Crippen LogP contribution >= 0.6 is 0 Å². The average Bonchev–Trinajstić information content (AvgIpc) is 2.67. The van der Waals surface area contributed by atoms with Gasteiger partial charge in [0, 0.05) is 0 Å². The summed E-state index contributed by atoms with van der Waals surface area (Å²) in [5, 5.41) is 2.93. The summed E-state index contributed by atoms with van der Waals surface area (Å²) in [7, 11) is 0. The van der Waals surface area contributed by atoms with Crippen LogP contribution in [0.25, 0.3) is 21.9 Å². The molecule has 0 fully saturated rings. The Morgan fingerprint density at radius 2 is 0.464 bits per heavy atom. The van der Waals surface area contributed by atoms with Crippen LogP contribution < -0.4 is 0 Å². The van der Waals surface area contributed by atoms with Gasteiger partial charge in [-0.25, -0.2) is 0 Å². The molecule has 148 valence electrons. The van der Waals surface area contributed by atoms with Gasteiger partial charge in [0.05, 0.1) is 0 Å². The van der Waals surface area contributed by atoms with E-state index in [1.807, 2.05) is 0 Å². The number of aryl methyl sites for hydroxylation is 3. The van der Waals surface area contributed by atoms with Crippen LogP contribution in [0.1, 0.15) is 66.8 Å². The minimum Gasteiger partial charge on any atom is -0.0447 e. The molecule has 0 unspecified atom stereocenters. The largest absolute Gasteiger partial charge is 0.0447 e. The highest BCUT2D eigenvalue weighted by Crippen LogP contribution is 2.45. The fourth-order valence-electron chi connectivity index (χ4n) is 5.12. The first-order valence-electron chi connectivity index (χ1n) is 10.5. The summed E-state index contributed by atoms with van der Waals surface area (Å²) in [6.07, 6.45) is 0. The minimum atomic E-state index is 1.43. The van der Waals surface area contributed by atoms with Crippen molar-refractivity contribution in [3.05, 3.63) is 66.8 Å². The van der Waals surface area contributed by atoms with E-state index in [-0.39, 0.29) is 0 Å². The summed E-state index contributed by atoms with van der Waals surface area (Å²) >= 11 is 0. The molecule has 0 aliphatic heterocycles. The van der Waals surface area contributed by atoms with Crippen LogP contribution in [-0.2, 0) is 0 Å². The zero-order chi connectivity index (χ0) is 21.2. The monoisotopic (exact) mass is 372 g/mol. The zero-order valence-electron chi connectivity index (χ0n) is 20.0. The number of hydrogen-bond acceptors (Lipinski definition) is 0. The van der Waals surface area contributed by atoms with Crippen molar-refractivity contribution in [3.8, 4) is 11.1 Å². The molecule has 0 atom stereocenters. The van der Waals surface area contributed by atoms with E-state index in [0.29, 0.717) is 0 Å². The molecule has 0 aromatic heterocycles. The van der Waals surface area contributed by atoms with Gasteiger partial charge >= 0.3 is 0 Å². The highest BCUT2D eigenvalue weighted by molar-refractivity contribution is 6.06. The molecular formula is C28H36. The molecule has 0 aliphatic rings. The summed E-state index contributed by atoms with van der Waals surface area (Å²) in [5.41, 5.74) is 20.1. The van der Waals surface area contributed by atoms with E-state index in [1.165, 1.54) is 88.7 Å². The predicted molar refractivity (Wildman–Crippen MR) is 126 cm³/mol. The molecule has 3 rings (SSSR count). The second kappa shape index (κ2) is 6.76. The number of fused-ring (bicyclic) bond motifs is 1. The van der Waals surface area contributed by atoms with E-state index < -0.39 is 0 Å². The molecule has 0 aliphatic carbocycles. The SMILES string of the molecule is Cc1c(C)c(C)c(-c2c(C)c(C)c(C)c3c(C)c(C)c(C)c(C)c23)c(C)c1C. The lowest BCUT2D eigenvalue weighted by Gasteiger charge is -2.26. The smallest absolute Gasteiger partial charge is 0.00649 e. The van der Waals surface area contributed by atoms with Gasteiger partial charge in [0.15, 0.2) is 0 Å². The fraction of sp³-hybridized carbons (Fsp3) is 0.429. The van der Waals surface area contributed by atoms with Gasteiger partial charge in [0.1, 0.15) is 0 Å². The first-order valence-corrected chi connectivity index (χ1v) is 10.5. The van der Waals surface area contributed by atoms with Crippen molar-refractivity contribution >= 4 is 10.8 Å². The summed E-state index contributed by atoms with van der Waals surface area (Å²) in [6, 6.07) is 0. The molecule has 3 aromatic rings. The molecule has 28 heavy (non-hydrogen) atoms. The maximum Gasteiger partial charge on any atom is -0.00649 e. The van der Waals surface area contributed by atoms with E-state index in [1.54, 1.807) is 0 Å². The normalized spacial score (nSPS) is 11.6. The van der Waals surface area contributed by atoms with Crippen LogP contribution in [0.4, 0.5) is 0 Å². The molecule has 0 saturated heterocycles. The first kappa shape index (κ1) is 20.6. The molecule has 0 bridgehead atoms.